The number of aliphatic hydroxyl groups is 1. The third kappa shape index (κ3) is 4.18. The number of quaternary nitrogens is 1. The molecule has 92 valence electrons. The van der Waals surface area contributed by atoms with E-state index in [1.165, 1.54) is 4.57 Å². The summed E-state index contributed by atoms with van der Waals surface area (Å²) >= 11 is 0. The number of aliphatic hydroxyl groups excluding tert-OH is 1. The molecular formula is C9H16ClN3O3. The summed E-state index contributed by atoms with van der Waals surface area (Å²) in [4.78, 5) is 24.6. The fourth-order valence-electron chi connectivity index (χ4n) is 1.25. The largest absolute Gasteiger partial charge is 1.00 e. The van der Waals surface area contributed by atoms with Crippen molar-refractivity contribution in [3.05, 3.63) is 32.6 Å². The van der Waals surface area contributed by atoms with E-state index in [1.54, 1.807) is 13.1 Å². The number of H-pyrrole nitrogens is 1. The molecule has 0 aromatic carbocycles. The van der Waals surface area contributed by atoms with Gasteiger partial charge in [0.05, 0.1) is 26.2 Å². The van der Waals surface area contributed by atoms with Crippen molar-refractivity contribution in [3.63, 3.8) is 0 Å². The van der Waals surface area contributed by atoms with Crippen molar-refractivity contribution >= 4 is 0 Å². The molecule has 0 atom stereocenters. The maximum absolute atomic E-state index is 11.3. The predicted octanol–water partition coefficient (Wildman–Crippen LogP) is -5.60. The van der Waals surface area contributed by atoms with Crippen molar-refractivity contribution in [2.24, 2.45) is 0 Å². The number of hydrogen-bond donors (Lipinski definition) is 3. The standard InChI is InChI=1S/C9H15N3O3.ClH/c1-7-6-12(4-2-10-3-5-13)9(15)11-8(7)14;/h6,10,13H,2-5H2,1H3,(H,11,14,15);1H. The minimum absolute atomic E-state index is 0. The molecule has 1 aromatic heterocycles. The molecule has 6 nitrogen and oxygen atoms in total. The summed E-state index contributed by atoms with van der Waals surface area (Å²) in [5.74, 6) is 0. The van der Waals surface area contributed by atoms with Crippen LogP contribution in [0, 0.1) is 6.92 Å². The van der Waals surface area contributed by atoms with Gasteiger partial charge in [-0.1, -0.05) is 0 Å². The van der Waals surface area contributed by atoms with Crippen LogP contribution in [0.3, 0.4) is 0 Å². The Morgan fingerprint density at radius 3 is 2.75 bits per heavy atom. The van der Waals surface area contributed by atoms with Crippen LogP contribution in [0.4, 0.5) is 0 Å². The molecule has 0 aliphatic heterocycles. The zero-order valence-electron chi connectivity index (χ0n) is 9.07. The van der Waals surface area contributed by atoms with Crippen LogP contribution in [0.1, 0.15) is 5.56 Å². The summed E-state index contributed by atoms with van der Waals surface area (Å²) in [7, 11) is 0. The van der Waals surface area contributed by atoms with Crippen LogP contribution in [-0.2, 0) is 6.54 Å². The summed E-state index contributed by atoms with van der Waals surface area (Å²) in [5.41, 5.74) is -0.199. The monoisotopic (exact) mass is 249 g/mol. The quantitative estimate of drug-likeness (QED) is 0.455. The molecule has 16 heavy (non-hydrogen) atoms. The fourth-order valence-corrected chi connectivity index (χ4v) is 1.25. The molecule has 0 unspecified atom stereocenters. The average Bonchev–Trinajstić information content (AvgIpc) is 2.20. The summed E-state index contributed by atoms with van der Waals surface area (Å²) in [6.07, 6.45) is 1.55. The van der Waals surface area contributed by atoms with Gasteiger partial charge in [0.1, 0.15) is 0 Å². The zero-order chi connectivity index (χ0) is 11.3. The van der Waals surface area contributed by atoms with Gasteiger partial charge in [-0.2, -0.15) is 0 Å². The van der Waals surface area contributed by atoms with Crippen LogP contribution in [0.2, 0.25) is 0 Å². The summed E-state index contributed by atoms with van der Waals surface area (Å²) in [6, 6.07) is 0. The number of halogens is 1. The topological polar surface area (TPSA) is 91.7 Å². The molecule has 0 saturated carbocycles. The molecule has 0 aliphatic rings. The zero-order valence-corrected chi connectivity index (χ0v) is 9.83. The second-order valence-corrected chi connectivity index (χ2v) is 3.35. The van der Waals surface area contributed by atoms with Crippen molar-refractivity contribution in [1.29, 1.82) is 0 Å². The number of rotatable bonds is 5. The number of aromatic nitrogens is 2. The lowest BCUT2D eigenvalue weighted by Crippen LogP contribution is -3.00. The lowest BCUT2D eigenvalue weighted by Gasteiger charge is -2.04. The lowest BCUT2D eigenvalue weighted by molar-refractivity contribution is -0.656. The van der Waals surface area contributed by atoms with Crippen LogP contribution in [-0.4, -0.2) is 34.4 Å². The van der Waals surface area contributed by atoms with E-state index in [0.717, 1.165) is 0 Å². The van der Waals surface area contributed by atoms with E-state index in [2.05, 4.69) is 4.98 Å². The highest BCUT2D eigenvalue weighted by Gasteiger charge is 2.00. The molecule has 0 saturated heterocycles. The van der Waals surface area contributed by atoms with Crippen molar-refractivity contribution < 1.29 is 22.8 Å². The van der Waals surface area contributed by atoms with E-state index in [1.807, 2.05) is 5.32 Å². The van der Waals surface area contributed by atoms with E-state index in [9.17, 15) is 9.59 Å². The van der Waals surface area contributed by atoms with Crippen molar-refractivity contribution in [2.45, 2.75) is 13.5 Å². The van der Waals surface area contributed by atoms with Gasteiger partial charge in [0.15, 0.2) is 0 Å². The second-order valence-electron chi connectivity index (χ2n) is 3.35. The number of nitrogens with two attached hydrogens (primary N) is 1. The van der Waals surface area contributed by atoms with Gasteiger partial charge in [-0.25, -0.2) is 4.79 Å². The highest BCUT2D eigenvalue weighted by molar-refractivity contribution is 5.00. The molecule has 0 amide bonds. The van der Waals surface area contributed by atoms with Crippen LogP contribution in [0.5, 0.6) is 0 Å². The number of aromatic amines is 1. The predicted molar refractivity (Wildman–Crippen MR) is 54.8 cm³/mol. The molecule has 0 radical (unpaired) electrons. The molecule has 0 bridgehead atoms. The van der Waals surface area contributed by atoms with Gasteiger partial charge in [-0.3, -0.25) is 14.3 Å². The molecular weight excluding hydrogens is 234 g/mol. The van der Waals surface area contributed by atoms with E-state index in [-0.39, 0.29) is 30.3 Å². The van der Waals surface area contributed by atoms with Gasteiger partial charge in [0.2, 0.25) is 0 Å². The normalized spacial score (nSPS) is 9.88. The fraction of sp³-hybridized carbons (Fsp3) is 0.556. The number of hydrogen-bond acceptors (Lipinski definition) is 3. The molecule has 4 N–H and O–H groups in total. The smallest absolute Gasteiger partial charge is 0.328 e. The van der Waals surface area contributed by atoms with Crippen LogP contribution in [0.15, 0.2) is 15.8 Å². The van der Waals surface area contributed by atoms with Gasteiger partial charge in [-0.05, 0) is 6.92 Å². The van der Waals surface area contributed by atoms with Crippen LogP contribution in [0.25, 0.3) is 0 Å². The Labute approximate surface area is 98.7 Å². The number of aryl methyl sites for hydroxylation is 1. The Morgan fingerprint density at radius 2 is 2.12 bits per heavy atom. The van der Waals surface area contributed by atoms with E-state index in [0.29, 0.717) is 25.2 Å². The van der Waals surface area contributed by atoms with Gasteiger partial charge in [0, 0.05) is 11.8 Å². The first-order valence-electron chi connectivity index (χ1n) is 4.88. The minimum atomic E-state index is -0.386. The number of nitrogens with one attached hydrogen (secondary N) is 1. The van der Waals surface area contributed by atoms with E-state index in [4.69, 9.17) is 5.11 Å². The molecule has 1 heterocycles. The van der Waals surface area contributed by atoms with Gasteiger partial charge in [0.25, 0.3) is 5.56 Å². The highest BCUT2D eigenvalue weighted by atomic mass is 35.5. The first-order valence-corrected chi connectivity index (χ1v) is 4.88. The summed E-state index contributed by atoms with van der Waals surface area (Å²) in [6.45, 7) is 3.63. The first kappa shape index (κ1) is 14.9. The maximum Gasteiger partial charge on any atom is 0.328 e. The Kier molecular flexibility index (Phi) is 6.71. The van der Waals surface area contributed by atoms with Crippen molar-refractivity contribution in [1.82, 2.24) is 9.55 Å². The average molecular weight is 250 g/mol. The van der Waals surface area contributed by atoms with Gasteiger partial charge < -0.3 is 22.8 Å². The molecule has 0 fully saturated rings. The minimum Gasteiger partial charge on any atom is -1.00 e. The molecule has 1 aromatic rings. The highest BCUT2D eigenvalue weighted by Crippen LogP contribution is 1.82. The van der Waals surface area contributed by atoms with E-state index >= 15 is 0 Å². The molecule has 0 spiro atoms. The third-order valence-electron chi connectivity index (χ3n) is 2.10. The number of nitrogens with zero attached hydrogens (tertiary/aromatic N) is 1. The van der Waals surface area contributed by atoms with Crippen molar-refractivity contribution in [3.8, 4) is 0 Å². The summed E-state index contributed by atoms with van der Waals surface area (Å²) < 4.78 is 1.46. The summed E-state index contributed by atoms with van der Waals surface area (Å²) in [5, 5.41) is 10.5. The first-order chi connectivity index (χ1) is 7.15. The third-order valence-corrected chi connectivity index (χ3v) is 2.10. The molecule has 7 heteroatoms. The Bertz CT molecular complexity index is 427. The van der Waals surface area contributed by atoms with Gasteiger partial charge >= 0.3 is 5.69 Å². The van der Waals surface area contributed by atoms with Crippen molar-refractivity contribution in [2.75, 3.05) is 19.7 Å². The molecule has 1 rings (SSSR count). The maximum atomic E-state index is 11.3. The Hall–Kier alpha value is -1.11. The van der Waals surface area contributed by atoms with Crippen LogP contribution >= 0.6 is 0 Å². The van der Waals surface area contributed by atoms with Crippen LogP contribution < -0.4 is 29.0 Å². The van der Waals surface area contributed by atoms with E-state index < -0.39 is 0 Å². The Morgan fingerprint density at radius 1 is 1.44 bits per heavy atom. The van der Waals surface area contributed by atoms with Gasteiger partial charge in [-0.15, -0.1) is 0 Å². The molecule has 0 aliphatic carbocycles. The Balaban J connectivity index is 0.00000225. The lowest BCUT2D eigenvalue weighted by atomic mass is 10.4. The SMILES string of the molecule is Cc1cn(CC[NH2+]CCO)c(=O)[nH]c1=O.[Cl-]. The second kappa shape index (κ2) is 7.21.